The predicted octanol–water partition coefficient (Wildman–Crippen LogP) is 4.19. The van der Waals surface area contributed by atoms with Crippen molar-refractivity contribution in [1.82, 2.24) is 10.2 Å². The maximum atomic E-state index is 13.2. The van der Waals surface area contributed by atoms with Gasteiger partial charge in [-0.25, -0.2) is 9.18 Å². The van der Waals surface area contributed by atoms with Crippen LogP contribution in [0.15, 0.2) is 42.5 Å². The lowest BCUT2D eigenvalue weighted by molar-refractivity contribution is 0.0287. The van der Waals surface area contributed by atoms with Crippen LogP contribution in [0.25, 0.3) is 11.1 Å². The van der Waals surface area contributed by atoms with Crippen molar-refractivity contribution in [2.24, 2.45) is 5.92 Å². The van der Waals surface area contributed by atoms with Crippen LogP contribution in [0.5, 0.6) is 0 Å². The molecule has 2 atom stereocenters. The van der Waals surface area contributed by atoms with Crippen molar-refractivity contribution < 1.29 is 18.7 Å². The minimum absolute atomic E-state index is 0.0683. The first-order chi connectivity index (χ1) is 13.7. The highest BCUT2D eigenvalue weighted by molar-refractivity contribution is 5.97. The molecule has 2 amide bonds. The molecule has 2 aromatic carbocycles. The summed E-state index contributed by atoms with van der Waals surface area (Å²) in [5.74, 6) is -0.192. The highest BCUT2D eigenvalue weighted by Crippen LogP contribution is 2.38. The normalized spacial score (nSPS) is 21.1. The number of carbonyl (C=O) groups excluding carboxylic acids is 2. The molecule has 0 saturated carbocycles. The van der Waals surface area contributed by atoms with E-state index in [1.807, 2.05) is 39.0 Å². The number of hydrogen-bond acceptors (Lipinski definition) is 3. The smallest absolute Gasteiger partial charge is 0.410 e. The second kappa shape index (κ2) is 7.17. The summed E-state index contributed by atoms with van der Waals surface area (Å²) in [6, 6.07) is 12.0. The van der Waals surface area contributed by atoms with E-state index < -0.39 is 5.60 Å². The molecule has 1 saturated heterocycles. The van der Waals surface area contributed by atoms with Gasteiger partial charge in [0.25, 0.3) is 5.91 Å². The van der Waals surface area contributed by atoms with E-state index in [0.29, 0.717) is 25.2 Å². The fourth-order valence-corrected chi connectivity index (χ4v) is 4.12. The zero-order valence-electron chi connectivity index (χ0n) is 16.9. The number of rotatable bonds is 1. The molecule has 0 spiro atoms. The lowest BCUT2D eigenvalue weighted by atomic mass is 9.86. The highest BCUT2D eigenvalue weighted by atomic mass is 19.1. The molecule has 2 unspecified atom stereocenters. The first-order valence-corrected chi connectivity index (χ1v) is 9.87. The fourth-order valence-electron chi connectivity index (χ4n) is 4.12. The number of nitrogens with zero attached hydrogens (tertiary/aromatic N) is 1. The molecule has 2 aliphatic heterocycles. The summed E-state index contributed by atoms with van der Waals surface area (Å²) in [6.07, 6.45) is -0.318. The lowest BCUT2D eigenvalue weighted by Gasteiger charge is -2.24. The van der Waals surface area contributed by atoms with Gasteiger partial charge in [0.1, 0.15) is 11.4 Å². The third-order valence-corrected chi connectivity index (χ3v) is 5.49. The van der Waals surface area contributed by atoms with Gasteiger partial charge in [-0.05, 0) is 55.7 Å². The van der Waals surface area contributed by atoms with Gasteiger partial charge in [0.15, 0.2) is 0 Å². The van der Waals surface area contributed by atoms with Crippen LogP contribution in [0.4, 0.5) is 9.18 Å². The molecule has 2 heterocycles. The summed E-state index contributed by atoms with van der Waals surface area (Å²) in [5.41, 5.74) is 2.73. The second-order valence-electron chi connectivity index (χ2n) is 8.77. The topological polar surface area (TPSA) is 58.6 Å². The van der Waals surface area contributed by atoms with Gasteiger partial charge in [-0.3, -0.25) is 4.79 Å². The Morgan fingerprint density at radius 3 is 2.48 bits per heavy atom. The lowest BCUT2D eigenvalue weighted by Crippen LogP contribution is -2.36. The van der Waals surface area contributed by atoms with Crippen molar-refractivity contribution in [2.75, 3.05) is 19.6 Å². The number of likely N-dealkylation sites (tertiary alicyclic amines) is 1. The van der Waals surface area contributed by atoms with Crippen LogP contribution in [0.2, 0.25) is 0 Å². The van der Waals surface area contributed by atoms with Crippen molar-refractivity contribution >= 4 is 12.0 Å². The quantitative estimate of drug-likeness (QED) is 0.786. The summed E-state index contributed by atoms with van der Waals surface area (Å²) >= 11 is 0. The zero-order chi connectivity index (χ0) is 20.8. The summed E-state index contributed by atoms with van der Waals surface area (Å²) in [4.78, 5) is 27.0. The van der Waals surface area contributed by atoms with Gasteiger partial charge in [0.05, 0.1) is 0 Å². The Labute approximate surface area is 169 Å². The van der Waals surface area contributed by atoms with Crippen LogP contribution < -0.4 is 5.32 Å². The van der Waals surface area contributed by atoms with Gasteiger partial charge in [-0.15, -0.1) is 0 Å². The second-order valence-corrected chi connectivity index (χ2v) is 8.77. The van der Waals surface area contributed by atoms with Crippen molar-refractivity contribution in [3.8, 4) is 11.1 Å². The van der Waals surface area contributed by atoms with E-state index in [9.17, 15) is 14.0 Å². The Bertz CT molecular complexity index is 950. The minimum Gasteiger partial charge on any atom is -0.444 e. The molecule has 0 radical (unpaired) electrons. The van der Waals surface area contributed by atoms with E-state index in [-0.39, 0.29) is 29.7 Å². The van der Waals surface area contributed by atoms with Gasteiger partial charge in [0, 0.05) is 37.0 Å². The minimum atomic E-state index is -0.544. The third kappa shape index (κ3) is 3.97. The van der Waals surface area contributed by atoms with Gasteiger partial charge in [0.2, 0.25) is 0 Å². The van der Waals surface area contributed by atoms with Crippen molar-refractivity contribution in [1.29, 1.82) is 0 Å². The number of amides is 2. The Balaban J connectivity index is 1.63. The van der Waals surface area contributed by atoms with E-state index in [4.69, 9.17) is 4.74 Å². The third-order valence-electron chi connectivity index (χ3n) is 5.49. The Kier molecular flexibility index (Phi) is 4.81. The molecule has 2 aliphatic rings. The number of nitrogens with one attached hydrogen (secondary N) is 1. The van der Waals surface area contributed by atoms with Crippen molar-refractivity contribution in [3.05, 3.63) is 59.4 Å². The molecule has 6 heteroatoms. The number of fused-ring (bicyclic) bond motifs is 3. The molecule has 4 rings (SSSR count). The molecule has 1 N–H and O–H groups in total. The molecule has 0 aromatic heterocycles. The maximum Gasteiger partial charge on any atom is 0.410 e. The van der Waals surface area contributed by atoms with Gasteiger partial charge in [-0.2, -0.15) is 0 Å². The molecule has 0 bridgehead atoms. The SMILES string of the molecule is CC(C)(C)OC(=O)N1CC2CNC(=O)c3cc(-c4ccc(F)cc4)ccc3C2C1. The maximum absolute atomic E-state index is 13.2. The number of halogens is 1. The van der Waals surface area contributed by atoms with Gasteiger partial charge in [-0.1, -0.05) is 24.3 Å². The average molecular weight is 396 g/mol. The van der Waals surface area contributed by atoms with Gasteiger partial charge >= 0.3 is 6.09 Å². The van der Waals surface area contributed by atoms with Crippen LogP contribution >= 0.6 is 0 Å². The van der Waals surface area contributed by atoms with E-state index in [1.54, 1.807) is 17.0 Å². The summed E-state index contributed by atoms with van der Waals surface area (Å²) in [6.45, 7) is 7.16. The summed E-state index contributed by atoms with van der Waals surface area (Å²) < 4.78 is 18.8. The van der Waals surface area contributed by atoms with Crippen molar-refractivity contribution in [3.63, 3.8) is 0 Å². The number of benzene rings is 2. The Morgan fingerprint density at radius 1 is 1.10 bits per heavy atom. The van der Waals surface area contributed by atoms with Gasteiger partial charge < -0.3 is 15.0 Å². The molecule has 29 heavy (non-hydrogen) atoms. The average Bonchev–Trinajstić information content (AvgIpc) is 3.04. The predicted molar refractivity (Wildman–Crippen MR) is 108 cm³/mol. The number of hydrogen-bond donors (Lipinski definition) is 1. The first-order valence-electron chi connectivity index (χ1n) is 9.87. The van der Waals surface area contributed by atoms with E-state index in [0.717, 1.165) is 16.7 Å². The van der Waals surface area contributed by atoms with Crippen molar-refractivity contribution in [2.45, 2.75) is 32.3 Å². The van der Waals surface area contributed by atoms with E-state index >= 15 is 0 Å². The van der Waals surface area contributed by atoms with Crippen LogP contribution in [-0.4, -0.2) is 42.1 Å². The molecule has 2 aromatic rings. The van der Waals surface area contributed by atoms with E-state index in [2.05, 4.69) is 5.32 Å². The Hall–Kier alpha value is -2.89. The van der Waals surface area contributed by atoms with Crippen LogP contribution in [0, 0.1) is 11.7 Å². The highest BCUT2D eigenvalue weighted by Gasteiger charge is 2.41. The monoisotopic (exact) mass is 396 g/mol. The largest absolute Gasteiger partial charge is 0.444 e. The standard InChI is InChI=1S/C23H25FN2O3/c1-23(2,3)29-22(28)26-12-16-11-25-21(27)19-10-15(6-9-18(19)20(16)13-26)14-4-7-17(24)8-5-14/h4-10,16,20H,11-13H2,1-3H3,(H,25,27). The zero-order valence-corrected chi connectivity index (χ0v) is 16.9. The van der Waals surface area contributed by atoms with Crippen LogP contribution in [-0.2, 0) is 4.74 Å². The molecule has 152 valence electrons. The number of ether oxygens (including phenoxy) is 1. The van der Waals surface area contributed by atoms with E-state index in [1.165, 1.54) is 12.1 Å². The molecule has 0 aliphatic carbocycles. The molecule has 5 nitrogen and oxygen atoms in total. The summed E-state index contributed by atoms with van der Waals surface area (Å²) in [5, 5.41) is 2.99. The molecule has 1 fully saturated rings. The fraction of sp³-hybridized carbons (Fsp3) is 0.391. The molecular formula is C23H25FN2O3. The van der Waals surface area contributed by atoms with Crippen LogP contribution in [0.1, 0.15) is 42.6 Å². The molecular weight excluding hydrogens is 371 g/mol. The summed E-state index contributed by atoms with van der Waals surface area (Å²) in [7, 11) is 0. The first kappa shape index (κ1) is 19.4. The number of carbonyl (C=O) groups is 2. The Morgan fingerprint density at radius 2 is 1.79 bits per heavy atom. The van der Waals surface area contributed by atoms with Crippen LogP contribution in [0.3, 0.4) is 0 Å².